The molecule has 0 aliphatic heterocycles. The molecule has 2 heterocycles. The zero-order valence-corrected chi connectivity index (χ0v) is 15.6. The Labute approximate surface area is 167 Å². The Hall–Kier alpha value is -3.77. The molecule has 0 unspecified atom stereocenters. The number of nitrogens with two attached hydrogens (primary N) is 1. The number of nitrogens with zero attached hydrogens (tertiary/aromatic N) is 2. The van der Waals surface area contributed by atoms with Gasteiger partial charge in [-0.3, -0.25) is 4.79 Å². The maximum absolute atomic E-state index is 13.1. The normalized spacial score (nSPS) is 12.1. The molecule has 0 atom stereocenters. The third kappa shape index (κ3) is 3.09. The van der Waals surface area contributed by atoms with E-state index in [1.807, 2.05) is 60.7 Å². The summed E-state index contributed by atoms with van der Waals surface area (Å²) in [7, 11) is 0. The van der Waals surface area contributed by atoms with E-state index in [1.54, 1.807) is 6.26 Å². The molecule has 29 heavy (non-hydrogen) atoms. The lowest BCUT2D eigenvalue weighted by Crippen LogP contribution is -2.12. The smallest absolute Gasteiger partial charge is 0.221 e. The van der Waals surface area contributed by atoms with E-state index in [-0.39, 0.29) is 11.7 Å². The molecule has 0 fully saturated rings. The molecule has 0 bridgehead atoms. The summed E-state index contributed by atoms with van der Waals surface area (Å²) >= 11 is 0. The number of carbonyl (C=O) groups excluding carboxylic acids is 1. The van der Waals surface area contributed by atoms with Crippen molar-refractivity contribution >= 4 is 11.7 Å². The molecule has 1 aliphatic carbocycles. The summed E-state index contributed by atoms with van der Waals surface area (Å²) in [5.41, 5.74) is 11.0. The predicted molar refractivity (Wildman–Crippen MR) is 110 cm³/mol. The molecule has 4 aromatic rings. The Morgan fingerprint density at radius 1 is 0.897 bits per heavy atom. The number of hydrogen-bond donors (Lipinski definition) is 2. The number of ketones is 1. The second kappa shape index (κ2) is 7.00. The lowest BCUT2D eigenvalue weighted by molar-refractivity contribution is 0.104. The molecule has 0 radical (unpaired) electrons. The molecule has 2 aromatic carbocycles. The minimum Gasteiger partial charge on any atom is -0.468 e. The highest BCUT2D eigenvalue weighted by Gasteiger charge is 2.32. The molecular formula is C23H18N4O2. The summed E-state index contributed by atoms with van der Waals surface area (Å²) in [5.74, 6) is 0.966. The van der Waals surface area contributed by atoms with Gasteiger partial charge in [-0.25, -0.2) is 9.97 Å². The number of aromatic nitrogens is 2. The standard InChI is InChI=1S/C23H18N4O2/c24-23-26-20(15-5-2-1-3-6-15)19-21(27-23)18-11-14(8-9-17(18)22(19)28)12-25-13-16-7-4-10-29-16/h1-11,25H,12-13H2,(H2,24,26,27). The van der Waals surface area contributed by atoms with Crippen LogP contribution in [0, 0.1) is 0 Å². The van der Waals surface area contributed by atoms with Crippen LogP contribution in [0.5, 0.6) is 0 Å². The van der Waals surface area contributed by atoms with Crippen molar-refractivity contribution in [3.8, 4) is 22.5 Å². The molecule has 142 valence electrons. The van der Waals surface area contributed by atoms with Crippen LogP contribution in [0.25, 0.3) is 22.5 Å². The van der Waals surface area contributed by atoms with Crippen LogP contribution in [-0.2, 0) is 13.1 Å². The van der Waals surface area contributed by atoms with Crippen molar-refractivity contribution < 1.29 is 9.21 Å². The molecular weight excluding hydrogens is 364 g/mol. The van der Waals surface area contributed by atoms with Gasteiger partial charge in [0.15, 0.2) is 5.78 Å². The summed E-state index contributed by atoms with van der Waals surface area (Å²) in [6.07, 6.45) is 1.66. The van der Waals surface area contributed by atoms with E-state index >= 15 is 0 Å². The lowest BCUT2D eigenvalue weighted by atomic mass is 10.0. The maximum Gasteiger partial charge on any atom is 0.221 e. The Kier molecular flexibility index (Phi) is 4.18. The van der Waals surface area contributed by atoms with E-state index in [0.29, 0.717) is 35.6 Å². The first-order chi connectivity index (χ1) is 14.2. The second-order valence-electron chi connectivity index (χ2n) is 6.91. The quantitative estimate of drug-likeness (QED) is 0.480. The van der Waals surface area contributed by atoms with E-state index in [4.69, 9.17) is 10.2 Å². The molecule has 3 N–H and O–H groups in total. The third-order valence-electron chi connectivity index (χ3n) is 4.99. The van der Waals surface area contributed by atoms with Crippen LogP contribution in [0.3, 0.4) is 0 Å². The third-order valence-corrected chi connectivity index (χ3v) is 4.99. The summed E-state index contributed by atoms with van der Waals surface area (Å²) < 4.78 is 5.34. The van der Waals surface area contributed by atoms with Crippen molar-refractivity contribution in [1.29, 1.82) is 0 Å². The summed E-state index contributed by atoms with van der Waals surface area (Å²) in [4.78, 5) is 21.9. The topological polar surface area (TPSA) is 94.0 Å². The highest BCUT2D eigenvalue weighted by molar-refractivity contribution is 6.23. The molecule has 0 saturated carbocycles. The van der Waals surface area contributed by atoms with Crippen LogP contribution < -0.4 is 11.1 Å². The Morgan fingerprint density at radius 2 is 1.72 bits per heavy atom. The zero-order valence-electron chi connectivity index (χ0n) is 15.6. The zero-order chi connectivity index (χ0) is 19.8. The lowest BCUT2D eigenvalue weighted by Gasteiger charge is -2.08. The molecule has 5 rings (SSSR count). The van der Waals surface area contributed by atoms with Crippen LogP contribution in [0.2, 0.25) is 0 Å². The van der Waals surface area contributed by atoms with Gasteiger partial charge >= 0.3 is 0 Å². The predicted octanol–water partition coefficient (Wildman–Crippen LogP) is 3.82. The van der Waals surface area contributed by atoms with Crippen molar-refractivity contribution in [2.75, 3.05) is 5.73 Å². The number of hydrogen-bond acceptors (Lipinski definition) is 6. The molecule has 2 aromatic heterocycles. The van der Waals surface area contributed by atoms with Gasteiger partial charge in [0.2, 0.25) is 5.95 Å². The van der Waals surface area contributed by atoms with Crippen molar-refractivity contribution in [2.45, 2.75) is 13.1 Å². The van der Waals surface area contributed by atoms with Crippen molar-refractivity contribution in [3.63, 3.8) is 0 Å². The summed E-state index contributed by atoms with van der Waals surface area (Å²) in [6.45, 7) is 1.27. The Bertz CT molecular complexity index is 1200. The fourth-order valence-corrected chi connectivity index (χ4v) is 3.67. The summed E-state index contributed by atoms with van der Waals surface area (Å²) in [5, 5.41) is 3.34. The van der Waals surface area contributed by atoms with Crippen LogP contribution in [0.15, 0.2) is 71.3 Å². The van der Waals surface area contributed by atoms with Crippen LogP contribution in [0.4, 0.5) is 5.95 Å². The number of fused-ring (bicyclic) bond motifs is 3. The number of furan rings is 1. The molecule has 6 heteroatoms. The number of anilines is 1. The number of nitrogens with one attached hydrogen (secondary N) is 1. The van der Waals surface area contributed by atoms with Gasteiger partial charge in [-0.1, -0.05) is 42.5 Å². The van der Waals surface area contributed by atoms with Gasteiger partial charge in [-0.2, -0.15) is 0 Å². The molecule has 0 saturated heterocycles. The number of rotatable bonds is 5. The second-order valence-corrected chi connectivity index (χ2v) is 6.91. The first kappa shape index (κ1) is 17.3. The number of nitrogen functional groups attached to an aromatic ring is 1. The van der Waals surface area contributed by atoms with E-state index in [0.717, 1.165) is 22.5 Å². The fraction of sp³-hybridized carbons (Fsp3) is 0.0870. The van der Waals surface area contributed by atoms with Crippen molar-refractivity contribution in [1.82, 2.24) is 15.3 Å². The van der Waals surface area contributed by atoms with Crippen LogP contribution in [0.1, 0.15) is 27.2 Å². The van der Waals surface area contributed by atoms with E-state index in [2.05, 4.69) is 15.3 Å². The molecule has 6 nitrogen and oxygen atoms in total. The first-order valence-corrected chi connectivity index (χ1v) is 9.35. The average molecular weight is 382 g/mol. The number of benzene rings is 2. The minimum atomic E-state index is -0.0658. The summed E-state index contributed by atoms with van der Waals surface area (Å²) in [6, 6.07) is 19.2. The van der Waals surface area contributed by atoms with Gasteiger partial charge in [0.05, 0.1) is 29.8 Å². The monoisotopic (exact) mass is 382 g/mol. The first-order valence-electron chi connectivity index (χ1n) is 9.35. The largest absolute Gasteiger partial charge is 0.468 e. The van der Waals surface area contributed by atoms with Gasteiger partial charge < -0.3 is 15.5 Å². The fourth-order valence-electron chi connectivity index (χ4n) is 3.67. The highest BCUT2D eigenvalue weighted by Crippen LogP contribution is 2.40. The SMILES string of the molecule is Nc1nc(-c2ccccc2)c2c(n1)-c1cc(CNCc3ccco3)ccc1C2=O. The van der Waals surface area contributed by atoms with E-state index in [9.17, 15) is 4.79 Å². The molecule has 0 amide bonds. The highest BCUT2D eigenvalue weighted by atomic mass is 16.3. The minimum absolute atomic E-state index is 0.0658. The van der Waals surface area contributed by atoms with E-state index in [1.165, 1.54) is 0 Å². The van der Waals surface area contributed by atoms with Gasteiger partial charge in [0, 0.05) is 23.2 Å². The van der Waals surface area contributed by atoms with Gasteiger partial charge in [-0.15, -0.1) is 0 Å². The Morgan fingerprint density at radius 3 is 2.52 bits per heavy atom. The van der Waals surface area contributed by atoms with Gasteiger partial charge in [0.1, 0.15) is 5.76 Å². The van der Waals surface area contributed by atoms with Gasteiger partial charge in [0.25, 0.3) is 0 Å². The Balaban J connectivity index is 1.51. The average Bonchev–Trinajstić information content (AvgIpc) is 3.35. The number of carbonyl (C=O) groups is 1. The molecule has 1 aliphatic rings. The van der Waals surface area contributed by atoms with Crippen molar-refractivity contribution in [3.05, 3.63) is 89.4 Å². The molecule has 0 spiro atoms. The van der Waals surface area contributed by atoms with Crippen molar-refractivity contribution in [2.24, 2.45) is 0 Å². The van der Waals surface area contributed by atoms with Crippen LogP contribution >= 0.6 is 0 Å². The van der Waals surface area contributed by atoms with Crippen LogP contribution in [-0.4, -0.2) is 15.8 Å². The van der Waals surface area contributed by atoms with Gasteiger partial charge in [-0.05, 0) is 23.8 Å². The maximum atomic E-state index is 13.1. The van der Waals surface area contributed by atoms with E-state index < -0.39 is 0 Å².